The smallest absolute Gasteiger partial charge is 0.295 e. The maximum absolute atomic E-state index is 13.2. The highest BCUT2D eigenvalue weighted by Crippen LogP contribution is 2.41. The number of aliphatic hydroxyl groups excluding tert-OH is 1. The van der Waals surface area contributed by atoms with Crippen molar-refractivity contribution in [3.63, 3.8) is 0 Å². The summed E-state index contributed by atoms with van der Waals surface area (Å²) in [6.45, 7) is 7.55. The lowest BCUT2D eigenvalue weighted by atomic mass is 9.85. The Morgan fingerprint density at radius 1 is 1.12 bits per heavy atom. The number of nitrogens with zero attached hydrogens (tertiary/aromatic N) is 2. The standard InChI is InChI=1S/C27H33ClN2O4/c1-27(2,3)19-11-8-17(9-12-19)23-22(24(31)18-10-13-21(34-6)20(28)16-18)25(32)26(33)30(23)15-7-14-29(4)5/h8-13,16,23,31H,7,14-15H2,1-6H3/t23-/m1/s1. The molecule has 1 heterocycles. The van der Waals surface area contributed by atoms with Crippen LogP contribution in [0.25, 0.3) is 5.76 Å². The van der Waals surface area contributed by atoms with E-state index in [1.165, 1.54) is 13.2 Å². The molecule has 0 aliphatic carbocycles. The van der Waals surface area contributed by atoms with E-state index in [0.29, 0.717) is 29.3 Å². The van der Waals surface area contributed by atoms with Gasteiger partial charge in [-0.15, -0.1) is 0 Å². The number of carbonyl (C=O) groups excluding carboxylic acids is 2. The molecule has 0 aromatic heterocycles. The van der Waals surface area contributed by atoms with Crippen LogP contribution in [0.5, 0.6) is 5.75 Å². The molecule has 3 rings (SSSR count). The lowest BCUT2D eigenvalue weighted by Crippen LogP contribution is -2.32. The van der Waals surface area contributed by atoms with Gasteiger partial charge >= 0.3 is 0 Å². The third-order valence-electron chi connectivity index (χ3n) is 6.06. The van der Waals surface area contributed by atoms with Crippen molar-refractivity contribution in [3.05, 3.63) is 69.8 Å². The number of carbonyl (C=O) groups is 2. The van der Waals surface area contributed by atoms with Crippen LogP contribution in [0.3, 0.4) is 0 Å². The molecule has 182 valence electrons. The van der Waals surface area contributed by atoms with E-state index in [4.69, 9.17) is 16.3 Å². The molecule has 6 nitrogen and oxygen atoms in total. The second-order valence-electron chi connectivity index (χ2n) is 9.87. The summed E-state index contributed by atoms with van der Waals surface area (Å²) >= 11 is 6.26. The van der Waals surface area contributed by atoms with Gasteiger partial charge in [0.05, 0.1) is 23.7 Å². The van der Waals surface area contributed by atoms with E-state index in [1.807, 2.05) is 43.3 Å². The predicted octanol–water partition coefficient (Wildman–Crippen LogP) is 5.02. The summed E-state index contributed by atoms with van der Waals surface area (Å²) in [5.41, 5.74) is 2.31. The molecule has 1 N–H and O–H groups in total. The van der Waals surface area contributed by atoms with Crippen LogP contribution in [-0.2, 0) is 15.0 Å². The molecule has 1 amide bonds. The van der Waals surface area contributed by atoms with Crippen LogP contribution in [0.4, 0.5) is 0 Å². The summed E-state index contributed by atoms with van der Waals surface area (Å²) < 4.78 is 5.19. The summed E-state index contributed by atoms with van der Waals surface area (Å²) in [6.07, 6.45) is 0.699. The van der Waals surface area contributed by atoms with E-state index in [2.05, 4.69) is 20.8 Å². The SMILES string of the molecule is COc1ccc(C(O)=C2C(=O)C(=O)N(CCCN(C)C)[C@@H]2c2ccc(C(C)(C)C)cc2)cc1Cl. The van der Waals surface area contributed by atoms with Crippen LogP contribution < -0.4 is 4.74 Å². The third-order valence-corrected chi connectivity index (χ3v) is 6.36. The van der Waals surface area contributed by atoms with Crippen molar-refractivity contribution in [2.45, 2.75) is 38.6 Å². The fourth-order valence-electron chi connectivity index (χ4n) is 4.15. The molecule has 1 saturated heterocycles. The molecule has 0 bridgehead atoms. The Kier molecular flexibility index (Phi) is 7.74. The van der Waals surface area contributed by atoms with Crippen molar-refractivity contribution < 1.29 is 19.4 Å². The molecule has 1 aliphatic heterocycles. The molecule has 2 aromatic rings. The highest BCUT2D eigenvalue weighted by molar-refractivity contribution is 6.46. The quantitative estimate of drug-likeness (QED) is 0.339. The Morgan fingerprint density at radius 3 is 2.29 bits per heavy atom. The van der Waals surface area contributed by atoms with E-state index < -0.39 is 17.7 Å². The first-order valence-electron chi connectivity index (χ1n) is 11.3. The topological polar surface area (TPSA) is 70.1 Å². The first-order chi connectivity index (χ1) is 16.0. The van der Waals surface area contributed by atoms with Crippen molar-refractivity contribution in [3.8, 4) is 5.75 Å². The Bertz CT molecular complexity index is 1100. The van der Waals surface area contributed by atoms with Crippen molar-refractivity contribution >= 4 is 29.1 Å². The zero-order valence-corrected chi connectivity index (χ0v) is 21.4. The maximum Gasteiger partial charge on any atom is 0.295 e. The monoisotopic (exact) mass is 484 g/mol. The molecule has 34 heavy (non-hydrogen) atoms. The highest BCUT2D eigenvalue weighted by Gasteiger charge is 2.45. The zero-order chi connectivity index (χ0) is 25.2. The molecule has 0 unspecified atom stereocenters. The highest BCUT2D eigenvalue weighted by atomic mass is 35.5. The van der Waals surface area contributed by atoms with Gasteiger partial charge in [0, 0.05) is 12.1 Å². The minimum absolute atomic E-state index is 0.0358. The van der Waals surface area contributed by atoms with Gasteiger partial charge in [-0.2, -0.15) is 0 Å². The molecule has 1 fully saturated rings. The van der Waals surface area contributed by atoms with Crippen molar-refractivity contribution in [2.75, 3.05) is 34.3 Å². The molecule has 0 saturated carbocycles. The van der Waals surface area contributed by atoms with Crippen molar-refractivity contribution in [1.29, 1.82) is 0 Å². The largest absolute Gasteiger partial charge is 0.507 e. The second kappa shape index (κ2) is 10.2. The molecule has 1 aliphatic rings. The van der Waals surface area contributed by atoms with E-state index in [0.717, 1.165) is 17.7 Å². The van der Waals surface area contributed by atoms with Gasteiger partial charge in [0.1, 0.15) is 11.5 Å². The number of ketones is 1. The van der Waals surface area contributed by atoms with E-state index in [1.54, 1.807) is 17.0 Å². The van der Waals surface area contributed by atoms with Gasteiger partial charge in [-0.1, -0.05) is 56.6 Å². The number of Topliss-reactive ketones (excluding diaryl/α,β-unsaturated/α-hetero) is 1. The van der Waals surface area contributed by atoms with Crippen LogP contribution in [0, 0.1) is 0 Å². The van der Waals surface area contributed by atoms with Crippen LogP contribution in [0.2, 0.25) is 5.02 Å². The predicted molar refractivity (Wildman–Crippen MR) is 135 cm³/mol. The average Bonchev–Trinajstić information content (AvgIpc) is 3.02. The lowest BCUT2D eigenvalue weighted by Gasteiger charge is -2.27. The van der Waals surface area contributed by atoms with Crippen molar-refractivity contribution in [1.82, 2.24) is 9.80 Å². The zero-order valence-electron chi connectivity index (χ0n) is 20.7. The number of hydrogen-bond acceptors (Lipinski definition) is 5. The number of aliphatic hydroxyl groups is 1. The van der Waals surface area contributed by atoms with Crippen LogP contribution in [0.15, 0.2) is 48.0 Å². The Labute approximate surface area is 206 Å². The summed E-state index contributed by atoms with van der Waals surface area (Å²) in [7, 11) is 5.43. The molecular weight excluding hydrogens is 452 g/mol. The van der Waals surface area contributed by atoms with Gasteiger partial charge in [-0.05, 0) is 61.8 Å². The normalized spacial score (nSPS) is 18.1. The van der Waals surface area contributed by atoms with E-state index >= 15 is 0 Å². The van der Waals surface area contributed by atoms with Crippen LogP contribution >= 0.6 is 11.6 Å². The molecular formula is C27H33ClN2O4. The maximum atomic E-state index is 13.2. The number of hydrogen-bond donors (Lipinski definition) is 1. The number of halogens is 1. The Balaban J connectivity index is 2.11. The number of ether oxygens (including phenoxy) is 1. The third kappa shape index (κ3) is 5.29. The molecule has 7 heteroatoms. The minimum Gasteiger partial charge on any atom is -0.507 e. The fourth-order valence-corrected chi connectivity index (χ4v) is 4.41. The van der Waals surface area contributed by atoms with Gasteiger partial charge < -0.3 is 19.6 Å². The number of likely N-dealkylation sites (tertiary alicyclic amines) is 1. The molecule has 2 aromatic carbocycles. The average molecular weight is 485 g/mol. The number of amides is 1. The Hall–Kier alpha value is -2.83. The van der Waals surface area contributed by atoms with Crippen LogP contribution in [-0.4, -0.2) is 60.9 Å². The molecule has 1 atom stereocenters. The first kappa shape index (κ1) is 25.8. The van der Waals surface area contributed by atoms with Crippen LogP contribution in [0.1, 0.15) is 49.9 Å². The molecule has 0 radical (unpaired) electrons. The fraction of sp³-hybridized carbons (Fsp3) is 0.407. The van der Waals surface area contributed by atoms with Gasteiger partial charge in [-0.25, -0.2) is 0 Å². The summed E-state index contributed by atoms with van der Waals surface area (Å²) in [5, 5.41) is 11.5. The second-order valence-corrected chi connectivity index (χ2v) is 10.3. The number of rotatable bonds is 7. The van der Waals surface area contributed by atoms with Gasteiger partial charge in [-0.3, -0.25) is 9.59 Å². The molecule has 0 spiro atoms. The minimum atomic E-state index is -0.695. The summed E-state index contributed by atoms with van der Waals surface area (Å²) in [6, 6.07) is 12.0. The van der Waals surface area contributed by atoms with Crippen molar-refractivity contribution in [2.24, 2.45) is 0 Å². The van der Waals surface area contributed by atoms with Gasteiger partial charge in [0.2, 0.25) is 0 Å². The first-order valence-corrected chi connectivity index (χ1v) is 11.7. The Morgan fingerprint density at radius 2 is 1.76 bits per heavy atom. The van der Waals surface area contributed by atoms with E-state index in [9.17, 15) is 14.7 Å². The van der Waals surface area contributed by atoms with E-state index in [-0.39, 0.29) is 16.7 Å². The lowest BCUT2D eigenvalue weighted by molar-refractivity contribution is -0.139. The summed E-state index contributed by atoms with van der Waals surface area (Å²) in [5.74, 6) is -1.09. The summed E-state index contributed by atoms with van der Waals surface area (Å²) in [4.78, 5) is 29.8. The number of benzene rings is 2. The van der Waals surface area contributed by atoms with Gasteiger partial charge in [0.25, 0.3) is 11.7 Å². The number of methoxy groups -OCH3 is 1. The van der Waals surface area contributed by atoms with Gasteiger partial charge in [0.15, 0.2) is 0 Å².